The number of nitrogens with two attached hydrogens (primary N) is 1. The fraction of sp³-hybridized carbons (Fsp3) is 0.467. The van der Waals surface area contributed by atoms with E-state index in [4.69, 9.17) is 16.7 Å². The molecule has 0 fully saturated rings. The van der Waals surface area contributed by atoms with Gasteiger partial charge in [0.25, 0.3) is 0 Å². The normalized spacial score (nSPS) is 25.4. The lowest BCUT2D eigenvalue weighted by atomic mass is 9.71. The van der Waals surface area contributed by atoms with Gasteiger partial charge in [0.15, 0.2) is 0 Å². The van der Waals surface area contributed by atoms with Crippen LogP contribution in [0.5, 0.6) is 0 Å². The van der Waals surface area contributed by atoms with Gasteiger partial charge in [-0.05, 0) is 23.8 Å². The van der Waals surface area contributed by atoms with Gasteiger partial charge in [0.2, 0.25) is 10.0 Å². The van der Waals surface area contributed by atoms with Crippen molar-refractivity contribution in [1.29, 1.82) is 0 Å². The molecule has 1 unspecified atom stereocenters. The second-order valence-electron chi connectivity index (χ2n) is 5.44. The van der Waals surface area contributed by atoms with E-state index in [9.17, 15) is 8.42 Å². The zero-order valence-corrected chi connectivity index (χ0v) is 14.3. The molecule has 0 amide bonds. The predicted molar refractivity (Wildman–Crippen MR) is 90.3 cm³/mol. The van der Waals surface area contributed by atoms with Gasteiger partial charge in [-0.3, -0.25) is 0 Å². The molecule has 1 aromatic rings. The zero-order valence-electron chi connectivity index (χ0n) is 12.0. The van der Waals surface area contributed by atoms with Crippen molar-refractivity contribution in [2.24, 2.45) is 11.1 Å². The lowest BCUT2D eigenvalue weighted by Gasteiger charge is -2.38. The maximum Gasteiger partial charge on any atom is 0.210 e. The van der Waals surface area contributed by atoms with E-state index >= 15 is 0 Å². The Morgan fingerprint density at radius 2 is 2.19 bits per heavy atom. The van der Waals surface area contributed by atoms with Gasteiger partial charge in [0.05, 0.1) is 10.8 Å². The van der Waals surface area contributed by atoms with E-state index in [2.05, 4.69) is 13.0 Å². The fourth-order valence-corrected chi connectivity index (χ4v) is 5.61. The molecule has 2 N–H and O–H groups in total. The Morgan fingerprint density at radius 3 is 2.76 bits per heavy atom. The summed E-state index contributed by atoms with van der Waals surface area (Å²) in [6.45, 7) is 2.13. The van der Waals surface area contributed by atoms with Gasteiger partial charge < -0.3 is 0 Å². The first-order chi connectivity index (χ1) is 9.89. The van der Waals surface area contributed by atoms with Crippen LogP contribution in [0, 0.1) is 5.92 Å². The monoisotopic (exact) mass is 345 g/mol. The van der Waals surface area contributed by atoms with Gasteiger partial charge in [0.1, 0.15) is 0 Å². The van der Waals surface area contributed by atoms with E-state index in [1.165, 1.54) is 11.3 Å². The smallest absolute Gasteiger partial charge is 0.210 e. The van der Waals surface area contributed by atoms with Crippen LogP contribution in [0.2, 0.25) is 5.02 Å². The van der Waals surface area contributed by atoms with Crippen molar-refractivity contribution in [2.75, 3.05) is 5.75 Å². The number of hydrogen-bond donors (Lipinski definition) is 1. The number of rotatable bonds is 6. The standard InChI is InChI=1S/C15H20ClNO2S2/c1-2-3-6-12-7-4-5-9-15(12,11-21(17,18)19)14-13(16)8-10-20-14/h4-5,7-10,12H,2-3,6,11H2,1H3,(H2,17,18,19)/t12?,15-/m0/s1. The highest BCUT2D eigenvalue weighted by Gasteiger charge is 2.43. The van der Waals surface area contributed by atoms with Crippen molar-refractivity contribution in [3.05, 3.63) is 45.7 Å². The van der Waals surface area contributed by atoms with Gasteiger partial charge in [-0.2, -0.15) is 0 Å². The molecule has 1 aliphatic rings. The summed E-state index contributed by atoms with van der Waals surface area (Å²) in [5, 5.41) is 7.88. The summed E-state index contributed by atoms with van der Waals surface area (Å²) in [5.74, 6) is -0.0212. The Balaban J connectivity index is 2.51. The highest BCUT2D eigenvalue weighted by molar-refractivity contribution is 7.89. The van der Waals surface area contributed by atoms with E-state index in [-0.39, 0.29) is 11.7 Å². The molecule has 0 aromatic carbocycles. The van der Waals surface area contributed by atoms with Gasteiger partial charge in [-0.15, -0.1) is 11.3 Å². The Hall–Kier alpha value is -0.620. The second-order valence-corrected chi connectivity index (χ2v) is 8.38. The molecule has 116 valence electrons. The Kier molecular flexibility index (Phi) is 5.30. The van der Waals surface area contributed by atoms with E-state index in [0.717, 1.165) is 24.1 Å². The molecule has 3 nitrogen and oxygen atoms in total. The summed E-state index contributed by atoms with van der Waals surface area (Å²) in [6.07, 6.45) is 10.9. The third-order valence-corrected chi connectivity index (χ3v) is 6.27. The number of unbranched alkanes of at least 4 members (excludes halogenated alkanes) is 1. The molecule has 0 saturated carbocycles. The molecule has 1 heterocycles. The van der Waals surface area contributed by atoms with E-state index < -0.39 is 15.4 Å². The van der Waals surface area contributed by atoms with Crippen molar-refractivity contribution in [1.82, 2.24) is 0 Å². The minimum atomic E-state index is -3.62. The molecule has 1 aliphatic carbocycles. The second kappa shape index (κ2) is 6.65. The highest BCUT2D eigenvalue weighted by atomic mass is 35.5. The van der Waals surface area contributed by atoms with Crippen LogP contribution < -0.4 is 5.14 Å². The highest BCUT2D eigenvalue weighted by Crippen LogP contribution is 2.46. The molecule has 2 atom stereocenters. The number of allylic oxidation sites excluding steroid dienone is 4. The average molecular weight is 346 g/mol. The van der Waals surface area contributed by atoms with Crippen LogP contribution in [0.4, 0.5) is 0 Å². The number of hydrogen-bond acceptors (Lipinski definition) is 3. The van der Waals surface area contributed by atoms with E-state index in [1.807, 2.05) is 29.7 Å². The van der Waals surface area contributed by atoms with Gasteiger partial charge in [-0.25, -0.2) is 13.6 Å². The minimum absolute atomic E-state index is 0.0944. The molecular weight excluding hydrogens is 326 g/mol. The van der Waals surface area contributed by atoms with Gasteiger partial charge in [-0.1, -0.05) is 55.7 Å². The summed E-state index contributed by atoms with van der Waals surface area (Å²) >= 11 is 7.80. The molecule has 0 aliphatic heterocycles. The Morgan fingerprint density at radius 1 is 1.43 bits per heavy atom. The topological polar surface area (TPSA) is 60.2 Å². The average Bonchev–Trinajstić information content (AvgIpc) is 2.82. The lowest BCUT2D eigenvalue weighted by molar-refractivity contribution is 0.394. The Bertz CT molecular complexity index is 648. The van der Waals surface area contributed by atoms with Gasteiger partial charge >= 0.3 is 0 Å². The largest absolute Gasteiger partial charge is 0.229 e. The molecule has 2 rings (SSSR count). The van der Waals surface area contributed by atoms with Crippen molar-refractivity contribution in [3.8, 4) is 0 Å². The van der Waals surface area contributed by atoms with E-state index in [0.29, 0.717) is 5.02 Å². The van der Waals surface area contributed by atoms with Crippen LogP contribution in [0.15, 0.2) is 35.8 Å². The van der Waals surface area contributed by atoms with Crippen molar-refractivity contribution in [2.45, 2.75) is 31.6 Å². The summed E-state index contributed by atoms with van der Waals surface area (Å²) in [5.41, 5.74) is -0.650. The predicted octanol–water partition coefficient (Wildman–Crippen LogP) is 3.86. The fourth-order valence-electron chi connectivity index (χ4n) is 2.92. The molecule has 0 radical (unpaired) electrons. The first kappa shape index (κ1) is 16.7. The maximum atomic E-state index is 11.8. The third-order valence-electron chi connectivity index (χ3n) is 3.86. The van der Waals surface area contributed by atoms with Crippen LogP contribution in [-0.2, 0) is 15.4 Å². The number of primary sulfonamides is 1. The molecular formula is C15H20ClNO2S2. The number of thiophene rings is 1. The maximum absolute atomic E-state index is 11.8. The van der Waals surface area contributed by atoms with Crippen molar-refractivity contribution in [3.63, 3.8) is 0 Å². The molecule has 0 bridgehead atoms. The van der Waals surface area contributed by atoms with Crippen LogP contribution in [0.1, 0.15) is 31.1 Å². The van der Waals surface area contributed by atoms with Crippen LogP contribution >= 0.6 is 22.9 Å². The number of halogens is 1. The lowest BCUT2D eigenvalue weighted by Crippen LogP contribution is -2.42. The third kappa shape index (κ3) is 3.77. The van der Waals surface area contributed by atoms with Crippen LogP contribution in [0.3, 0.4) is 0 Å². The summed E-state index contributed by atoms with van der Waals surface area (Å²) in [7, 11) is -3.62. The van der Waals surface area contributed by atoms with Crippen LogP contribution in [0.25, 0.3) is 0 Å². The first-order valence-corrected chi connectivity index (χ1v) is 9.96. The zero-order chi connectivity index (χ0) is 15.5. The summed E-state index contributed by atoms with van der Waals surface area (Å²) < 4.78 is 23.6. The Labute approximate surface area is 135 Å². The molecule has 1 aromatic heterocycles. The molecule has 6 heteroatoms. The van der Waals surface area contributed by atoms with Crippen molar-refractivity contribution >= 4 is 33.0 Å². The van der Waals surface area contributed by atoms with Crippen LogP contribution in [-0.4, -0.2) is 14.2 Å². The number of sulfonamides is 1. The minimum Gasteiger partial charge on any atom is -0.229 e. The van der Waals surface area contributed by atoms with E-state index in [1.54, 1.807) is 0 Å². The summed E-state index contributed by atoms with van der Waals surface area (Å²) in [4.78, 5) is 0.889. The SMILES string of the molecule is CCCCC1C=CC=C[C@@]1(CS(N)(=O)=O)c1sccc1Cl. The van der Waals surface area contributed by atoms with Crippen molar-refractivity contribution < 1.29 is 8.42 Å². The first-order valence-electron chi connectivity index (χ1n) is 6.99. The summed E-state index contributed by atoms with van der Waals surface area (Å²) in [6, 6.07) is 1.81. The molecule has 0 spiro atoms. The quantitative estimate of drug-likeness (QED) is 0.851. The molecule has 0 saturated heterocycles. The van der Waals surface area contributed by atoms with Gasteiger partial charge in [0, 0.05) is 10.3 Å². The molecule has 21 heavy (non-hydrogen) atoms.